The van der Waals surface area contributed by atoms with Gasteiger partial charge in [-0.3, -0.25) is 0 Å². The van der Waals surface area contributed by atoms with Gasteiger partial charge in [0.1, 0.15) is 178 Å². The predicted molar refractivity (Wildman–Crippen MR) is 227 cm³/mol. The zero-order valence-electron chi connectivity index (χ0n) is 40.2. The Kier molecular flexibility index (Phi) is 20.8. The highest BCUT2D eigenvalue weighted by atomic mass is 19.1. The zero-order valence-corrected chi connectivity index (χ0v) is 40.2. The number of hydrogen-bond donors (Lipinski definition) is 20. The molecule has 0 aromatic heterocycles. The second kappa shape index (κ2) is 26.0. The van der Waals surface area contributed by atoms with E-state index in [9.17, 15) is 107 Å². The lowest BCUT2D eigenvalue weighted by Gasteiger charge is -2.50. The highest BCUT2D eigenvalue weighted by molar-refractivity contribution is 5.01. The number of aliphatic hydroxyl groups is 20. The summed E-state index contributed by atoms with van der Waals surface area (Å²) in [4.78, 5) is 0. The van der Waals surface area contributed by atoms with Gasteiger partial charge in [-0.25, -0.2) is 4.39 Å². The Balaban J connectivity index is 1.08. The van der Waals surface area contributed by atoms with Gasteiger partial charge in [0.25, 0.3) is 0 Å². The first-order valence-corrected chi connectivity index (χ1v) is 24.6. The molecule has 0 unspecified atom stereocenters. The van der Waals surface area contributed by atoms with Crippen molar-refractivity contribution < 1.29 is 173 Å². The molecule has 21 aliphatic heterocycles. The lowest BCUT2D eigenvalue weighted by Crippen LogP contribution is -2.68. The van der Waals surface area contributed by atoms with Gasteiger partial charge < -0.3 is 168 Å². The van der Waals surface area contributed by atoms with E-state index in [-0.39, 0.29) is 0 Å². The number of rotatable bonds is 7. The number of ether oxygens (including phenoxy) is 14. The Morgan fingerprint density at radius 2 is 0.325 bits per heavy atom. The van der Waals surface area contributed by atoms with Gasteiger partial charge in [-0.2, -0.15) is 0 Å². The molecule has 77 heavy (non-hydrogen) atoms. The summed E-state index contributed by atoms with van der Waals surface area (Å²) >= 11 is 0. The van der Waals surface area contributed by atoms with Crippen LogP contribution in [0.15, 0.2) is 0 Å². The van der Waals surface area contributed by atoms with Crippen LogP contribution in [0.3, 0.4) is 0 Å². The van der Waals surface area contributed by atoms with Crippen molar-refractivity contribution in [3.8, 4) is 0 Å². The molecule has 448 valence electrons. The molecule has 21 fully saturated rings. The molecule has 0 aliphatic carbocycles. The van der Waals surface area contributed by atoms with Gasteiger partial charge in [-0.15, -0.1) is 0 Å². The highest BCUT2D eigenvalue weighted by Crippen LogP contribution is 2.39. The summed E-state index contributed by atoms with van der Waals surface area (Å²) in [7, 11) is 0. The van der Waals surface area contributed by atoms with E-state index in [4.69, 9.17) is 66.3 Å². The fourth-order valence-corrected chi connectivity index (χ4v) is 10.4. The Hall–Kier alpha value is -1.43. The van der Waals surface area contributed by atoms with Gasteiger partial charge in [0, 0.05) is 0 Å². The first kappa shape index (κ1) is 61.6. The third kappa shape index (κ3) is 12.0. The van der Waals surface area contributed by atoms with E-state index in [2.05, 4.69) is 0 Å². The normalized spacial score (nSPS) is 55.4. The Labute approximate surface area is 433 Å². The first-order chi connectivity index (χ1) is 36.7. The van der Waals surface area contributed by atoms with Gasteiger partial charge in [0.05, 0.1) is 39.6 Å². The van der Waals surface area contributed by atoms with Crippen molar-refractivity contribution in [2.75, 3.05) is 46.3 Å². The van der Waals surface area contributed by atoms with Crippen LogP contribution in [0.2, 0.25) is 0 Å². The Morgan fingerprint density at radius 1 is 0.195 bits per heavy atom. The second-order valence-corrected chi connectivity index (χ2v) is 19.6. The van der Waals surface area contributed by atoms with E-state index in [1.165, 1.54) is 0 Å². The maximum Gasteiger partial charge on any atom is 0.187 e. The summed E-state index contributed by atoms with van der Waals surface area (Å²) in [6, 6.07) is 0. The molecule has 0 aromatic carbocycles. The molecule has 0 saturated carbocycles. The Morgan fingerprint density at radius 3 is 0.455 bits per heavy atom. The van der Waals surface area contributed by atoms with E-state index in [1.807, 2.05) is 0 Å². The number of alkyl halides is 1. The fraction of sp³-hybridized carbons (Fsp3) is 1.00. The first-order valence-electron chi connectivity index (χ1n) is 24.6. The minimum Gasteiger partial charge on any atom is -0.394 e. The average Bonchev–Trinajstić information content (AvgIpc) is 3.45. The summed E-state index contributed by atoms with van der Waals surface area (Å²) in [6.45, 7) is -7.91. The summed E-state index contributed by atoms with van der Waals surface area (Å²) in [5.41, 5.74) is 0. The lowest BCUT2D eigenvalue weighted by atomic mass is 9.95. The van der Waals surface area contributed by atoms with Crippen LogP contribution in [0.25, 0.3) is 0 Å². The maximum atomic E-state index is 14.8. The smallest absolute Gasteiger partial charge is 0.187 e. The van der Waals surface area contributed by atoms with Crippen molar-refractivity contribution in [3.63, 3.8) is 0 Å². The standard InChI is InChI=1S/C42H69FO34/c43-1-8-29-15(50)22(57)36(64-8)72-30-9(2-44)66-38(24(59)17(30)52)74-32-11(4-46)68-40(26(61)19(32)54)76-34-13(6-48)70-42(28(63)21(34)56)77-35-14(7-49)69-41(27(62)20(35)55)75-33-12(5-47)67-39(25(60)18(33)53)73-31-10(3-45)65-37(71-29)23(58)16(31)51/h8-42,44-63H,1-7H2/t8-,9-,10-,11-,12-,13-,14-,15-,16-,17-,18-,19-,20-,21-,22-,23-,24-,25-,26-,27-,28-,29-,30-,31-,32-,33-,34-,35-,36-,37-,38-,39-,40-,41-,42-/m1/s1. The number of aliphatic hydroxyl groups excluding tert-OH is 20. The van der Waals surface area contributed by atoms with Crippen molar-refractivity contribution in [1.82, 2.24) is 0 Å². The second-order valence-electron chi connectivity index (χ2n) is 19.6. The SMILES string of the molecule is OC[C@H]1O[C@@H]2O[C@H]3[C@H](O)[C@@H](O)[C@@H](O[C@H]4[C@H](O)[C@@H](O)[C@@H](O[C@H]5[C@H](O)[C@@H](O)[C@@H](O[C@H]6[C@H](O)[C@@H](O)[C@@H](O[C@H]7[C@H](O)[C@@H](O)[C@@H](O[C@H]8[C@H](O)[C@@H](O)[C@@H](O[C@H]1[C@H](O)[C@H]2O)O[C@@H]8CO)O[C@@H]7CO)O[C@@H]6CO)O[C@@H]5CF)O[C@@H]4CO)O[C@@H]3CO. The van der Waals surface area contributed by atoms with E-state index in [1.54, 1.807) is 0 Å². The third-order valence-electron chi connectivity index (χ3n) is 14.8. The summed E-state index contributed by atoms with van der Waals surface area (Å²) in [5, 5.41) is 220. The van der Waals surface area contributed by atoms with E-state index in [0.29, 0.717) is 0 Å². The molecule has 14 bridgehead atoms. The molecule has 0 radical (unpaired) electrons. The van der Waals surface area contributed by atoms with Crippen molar-refractivity contribution >= 4 is 0 Å². The van der Waals surface area contributed by atoms with Crippen LogP contribution >= 0.6 is 0 Å². The van der Waals surface area contributed by atoms with Crippen molar-refractivity contribution in [2.24, 2.45) is 0 Å². The van der Waals surface area contributed by atoms with E-state index < -0.39 is 261 Å². The fourth-order valence-electron chi connectivity index (χ4n) is 10.4. The van der Waals surface area contributed by atoms with Crippen LogP contribution in [0.4, 0.5) is 4.39 Å². The molecule has 21 saturated heterocycles. The summed E-state index contributed by atoms with van der Waals surface area (Å²) in [5.74, 6) is 0. The van der Waals surface area contributed by atoms with Gasteiger partial charge in [0.2, 0.25) is 0 Å². The van der Waals surface area contributed by atoms with Gasteiger partial charge >= 0.3 is 0 Å². The molecule has 0 aromatic rings. The molecule has 35 atom stereocenters. The topological polar surface area (TPSA) is 534 Å². The van der Waals surface area contributed by atoms with Crippen LogP contribution < -0.4 is 0 Å². The maximum absolute atomic E-state index is 14.8. The largest absolute Gasteiger partial charge is 0.394 e. The molecule has 21 heterocycles. The number of halogens is 1. The van der Waals surface area contributed by atoms with Gasteiger partial charge in [0.15, 0.2) is 44.0 Å². The molecular formula is C42H69FO34. The minimum absolute atomic E-state index is 1.05. The van der Waals surface area contributed by atoms with E-state index in [0.717, 1.165) is 0 Å². The highest BCUT2D eigenvalue weighted by Gasteiger charge is 2.59. The molecular weight excluding hydrogens is 1070 g/mol. The quantitative estimate of drug-likeness (QED) is 0.113. The lowest BCUT2D eigenvalue weighted by molar-refractivity contribution is -0.396. The van der Waals surface area contributed by atoms with Gasteiger partial charge in [-0.05, 0) is 0 Å². The Bertz CT molecular complexity index is 1470. The van der Waals surface area contributed by atoms with Crippen molar-refractivity contribution in [3.05, 3.63) is 0 Å². The minimum atomic E-state index is -2.26. The van der Waals surface area contributed by atoms with Crippen LogP contribution in [-0.2, 0) is 66.3 Å². The summed E-state index contributed by atoms with van der Waals surface area (Å²) < 4.78 is 93.8. The predicted octanol–water partition coefficient (Wildman–Crippen LogP) is -14.3. The summed E-state index contributed by atoms with van der Waals surface area (Å²) in [6.07, 6.45) is -71.3. The van der Waals surface area contributed by atoms with Crippen molar-refractivity contribution in [2.45, 2.75) is 215 Å². The number of hydrogen-bond acceptors (Lipinski definition) is 34. The molecule has 21 rings (SSSR count). The van der Waals surface area contributed by atoms with Gasteiger partial charge in [-0.1, -0.05) is 0 Å². The molecule has 20 N–H and O–H groups in total. The monoisotopic (exact) mass is 1140 g/mol. The molecule has 21 aliphatic rings. The molecule has 0 amide bonds. The third-order valence-corrected chi connectivity index (χ3v) is 14.8. The zero-order chi connectivity index (χ0) is 56.1. The van der Waals surface area contributed by atoms with Crippen LogP contribution in [0.1, 0.15) is 0 Å². The van der Waals surface area contributed by atoms with Crippen LogP contribution in [0.5, 0.6) is 0 Å². The van der Waals surface area contributed by atoms with Crippen LogP contribution in [0, 0.1) is 0 Å². The molecule has 35 heteroatoms. The average molecular weight is 1140 g/mol. The van der Waals surface area contributed by atoms with E-state index >= 15 is 0 Å². The molecule has 34 nitrogen and oxygen atoms in total. The molecule has 0 spiro atoms. The van der Waals surface area contributed by atoms with Crippen molar-refractivity contribution in [1.29, 1.82) is 0 Å². The van der Waals surface area contributed by atoms with Crippen LogP contribution in [-0.4, -0.2) is 363 Å².